The topological polar surface area (TPSA) is 72.6 Å². The van der Waals surface area contributed by atoms with E-state index in [1.165, 1.54) is 36.5 Å². The lowest BCUT2D eigenvalue weighted by atomic mass is 10.2. The van der Waals surface area contributed by atoms with Crippen LogP contribution in [0.25, 0.3) is 11.5 Å². The van der Waals surface area contributed by atoms with Gasteiger partial charge in [0.2, 0.25) is 0 Å². The van der Waals surface area contributed by atoms with Gasteiger partial charge in [0.1, 0.15) is 23.1 Å². The second kappa shape index (κ2) is 4.79. The van der Waals surface area contributed by atoms with Crippen molar-refractivity contribution in [2.75, 3.05) is 7.11 Å². The van der Waals surface area contributed by atoms with Crippen LogP contribution in [-0.2, 0) is 4.74 Å². The number of carboxylic acid groups (broad SMARTS) is 1. The number of carboxylic acids is 1. The van der Waals surface area contributed by atoms with E-state index >= 15 is 0 Å². The molecule has 0 amide bonds. The fourth-order valence-corrected chi connectivity index (χ4v) is 2.98. The first-order valence-corrected chi connectivity index (χ1v) is 6.87. The van der Waals surface area contributed by atoms with Crippen molar-refractivity contribution >= 4 is 17.3 Å². The Kier molecular flexibility index (Phi) is 3.12. The van der Waals surface area contributed by atoms with E-state index in [1.54, 1.807) is 7.11 Å². The van der Waals surface area contributed by atoms with Crippen molar-refractivity contribution in [2.45, 2.75) is 18.9 Å². The number of hydrogen-bond donors (Lipinski definition) is 1. The molecule has 2 heterocycles. The zero-order valence-corrected chi connectivity index (χ0v) is 11.1. The molecule has 0 aliphatic heterocycles. The normalized spacial score (nSPS) is 16.5. The van der Waals surface area contributed by atoms with Crippen LogP contribution in [0.4, 0.5) is 0 Å². The number of carbonyl (C=O) groups is 1. The van der Waals surface area contributed by atoms with E-state index < -0.39 is 5.97 Å². The molecular formula is C13H13NO4S. The van der Waals surface area contributed by atoms with Crippen LogP contribution in [0.3, 0.4) is 0 Å². The molecular weight excluding hydrogens is 266 g/mol. The number of aromatic nitrogens is 1. The maximum atomic E-state index is 10.8. The van der Waals surface area contributed by atoms with E-state index in [-0.39, 0.29) is 11.7 Å². The molecule has 1 unspecified atom stereocenters. The molecule has 0 aromatic carbocycles. The SMILES string of the molecule is COC(c1nc(-c2cc(C(=O)O)co2)cs1)C1CC1. The van der Waals surface area contributed by atoms with Gasteiger partial charge in [0.05, 0.1) is 5.56 Å². The number of thiazole rings is 1. The summed E-state index contributed by atoms with van der Waals surface area (Å²) in [4.78, 5) is 15.3. The summed E-state index contributed by atoms with van der Waals surface area (Å²) in [6.45, 7) is 0. The smallest absolute Gasteiger partial charge is 0.338 e. The Hall–Kier alpha value is -1.66. The molecule has 3 rings (SSSR count). The highest BCUT2D eigenvalue weighted by atomic mass is 32.1. The molecule has 5 nitrogen and oxygen atoms in total. The third-order valence-electron chi connectivity index (χ3n) is 3.17. The third kappa shape index (κ3) is 2.41. The highest BCUT2D eigenvalue weighted by Crippen LogP contribution is 2.44. The summed E-state index contributed by atoms with van der Waals surface area (Å²) in [6.07, 6.45) is 3.63. The van der Waals surface area contributed by atoms with Gasteiger partial charge in [-0.15, -0.1) is 11.3 Å². The van der Waals surface area contributed by atoms with E-state index in [9.17, 15) is 4.79 Å². The Morgan fingerprint density at radius 3 is 3.00 bits per heavy atom. The van der Waals surface area contributed by atoms with Crippen LogP contribution in [0.2, 0.25) is 0 Å². The fourth-order valence-electron chi connectivity index (χ4n) is 2.01. The van der Waals surface area contributed by atoms with Crippen LogP contribution >= 0.6 is 11.3 Å². The maximum absolute atomic E-state index is 10.8. The van der Waals surface area contributed by atoms with E-state index in [0.717, 1.165) is 5.01 Å². The highest BCUT2D eigenvalue weighted by molar-refractivity contribution is 7.10. The van der Waals surface area contributed by atoms with Gasteiger partial charge < -0.3 is 14.3 Å². The van der Waals surface area contributed by atoms with Gasteiger partial charge in [0.25, 0.3) is 0 Å². The van der Waals surface area contributed by atoms with Crippen molar-refractivity contribution in [3.05, 3.63) is 28.3 Å². The van der Waals surface area contributed by atoms with Gasteiger partial charge in [-0.1, -0.05) is 0 Å². The molecule has 1 saturated carbocycles. The largest absolute Gasteiger partial charge is 0.478 e. The average Bonchev–Trinajstić information content (AvgIpc) is 2.93. The van der Waals surface area contributed by atoms with Gasteiger partial charge in [-0.2, -0.15) is 0 Å². The molecule has 0 radical (unpaired) electrons. The Morgan fingerprint density at radius 1 is 1.63 bits per heavy atom. The zero-order valence-electron chi connectivity index (χ0n) is 10.3. The van der Waals surface area contributed by atoms with Crippen molar-refractivity contribution in [3.8, 4) is 11.5 Å². The number of aromatic carboxylic acids is 1. The molecule has 1 atom stereocenters. The van der Waals surface area contributed by atoms with Gasteiger partial charge in [0, 0.05) is 18.6 Å². The lowest BCUT2D eigenvalue weighted by Crippen LogP contribution is -2.02. The monoisotopic (exact) mass is 279 g/mol. The molecule has 100 valence electrons. The van der Waals surface area contributed by atoms with Crippen molar-refractivity contribution in [2.24, 2.45) is 5.92 Å². The molecule has 2 aromatic heterocycles. The van der Waals surface area contributed by atoms with Gasteiger partial charge in [0.15, 0.2) is 5.76 Å². The Labute approximate surface area is 113 Å². The molecule has 1 aliphatic rings. The van der Waals surface area contributed by atoms with Crippen molar-refractivity contribution in [3.63, 3.8) is 0 Å². The van der Waals surface area contributed by atoms with Gasteiger partial charge in [-0.3, -0.25) is 0 Å². The number of hydrogen-bond acceptors (Lipinski definition) is 5. The van der Waals surface area contributed by atoms with E-state index in [0.29, 0.717) is 17.4 Å². The standard InChI is InChI=1S/C13H13NO4S/c1-17-11(7-2-3-7)12-14-9(6-19-12)10-4-8(5-18-10)13(15)16/h4-7,11H,2-3H2,1H3,(H,15,16). The van der Waals surface area contributed by atoms with Gasteiger partial charge >= 0.3 is 5.97 Å². The maximum Gasteiger partial charge on any atom is 0.338 e. The Balaban J connectivity index is 1.85. The van der Waals surface area contributed by atoms with Crippen LogP contribution < -0.4 is 0 Å². The summed E-state index contributed by atoms with van der Waals surface area (Å²) in [5, 5.41) is 11.7. The first-order chi connectivity index (χ1) is 9.19. The van der Waals surface area contributed by atoms with Crippen LogP contribution in [0, 0.1) is 5.92 Å². The first-order valence-electron chi connectivity index (χ1n) is 5.99. The Bertz CT molecular complexity index is 599. The van der Waals surface area contributed by atoms with Crippen LogP contribution in [0.1, 0.15) is 34.3 Å². The van der Waals surface area contributed by atoms with Crippen LogP contribution in [-0.4, -0.2) is 23.2 Å². The van der Waals surface area contributed by atoms with Crippen molar-refractivity contribution in [1.29, 1.82) is 0 Å². The molecule has 0 bridgehead atoms. The predicted molar refractivity (Wildman–Crippen MR) is 69.2 cm³/mol. The molecule has 2 aromatic rings. The number of nitrogens with zero attached hydrogens (tertiary/aromatic N) is 1. The lowest BCUT2D eigenvalue weighted by Gasteiger charge is -2.10. The van der Waals surface area contributed by atoms with Crippen molar-refractivity contribution in [1.82, 2.24) is 4.98 Å². The van der Waals surface area contributed by atoms with Gasteiger partial charge in [-0.25, -0.2) is 9.78 Å². The Morgan fingerprint density at radius 2 is 2.42 bits per heavy atom. The fraction of sp³-hybridized carbons (Fsp3) is 0.385. The summed E-state index contributed by atoms with van der Waals surface area (Å²) >= 11 is 1.52. The van der Waals surface area contributed by atoms with E-state index in [1.807, 2.05) is 5.38 Å². The van der Waals surface area contributed by atoms with Gasteiger partial charge in [-0.05, 0) is 18.8 Å². The minimum Gasteiger partial charge on any atom is -0.478 e. The molecule has 6 heteroatoms. The predicted octanol–water partition coefficient (Wildman–Crippen LogP) is 3.20. The summed E-state index contributed by atoms with van der Waals surface area (Å²) in [7, 11) is 1.69. The number of methoxy groups -OCH3 is 1. The first kappa shape index (κ1) is 12.4. The zero-order chi connectivity index (χ0) is 13.4. The molecule has 1 aliphatic carbocycles. The summed E-state index contributed by atoms with van der Waals surface area (Å²) < 4.78 is 10.7. The summed E-state index contributed by atoms with van der Waals surface area (Å²) in [5.41, 5.74) is 0.797. The molecule has 0 saturated heterocycles. The minimum atomic E-state index is -1.00. The number of furan rings is 1. The molecule has 1 N–H and O–H groups in total. The summed E-state index contributed by atoms with van der Waals surface area (Å²) in [6, 6.07) is 1.49. The minimum absolute atomic E-state index is 0.0488. The number of rotatable bonds is 5. The number of ether oxygens (including phenoxy) is 1. The van der Waals surface area contributed by atoms with Crippen molar-refractivity contribution < 1.29 is 19.1 Å². The van der Waals surface area contributed by atoms with E-state index in [4.69, 9.17) is 14.3 Å². The highest BCUT2D eigenvalue weighted by Gasteiger charge is 2.34. The second-order valence-electron chi connectivity index (χ2n) is 4.57. The van der Waals surface area contributed by atoms with Crippen LogP contribution in [0.15, 0.2) is 22.1 Å². The molecule has 0 spiro atoms. The molecule has 1 fully saturated rings. The van der Waals surface area contributed by atoms with Crippen LogP contribution in [0.5, 0.6) is 0 Å². The third-order valence-corrected chi connectivity index (χ3v) is 4.07. The summed E-state index contributed by atoms with van der Waals surface area (Å²) in [5.74, 6) is 0.0407. The average molecular weight is 279 g/mol. The van der Waals surface area contributed by atoms with E-state index in [2.05, 4.69) is 4.98 Å². The molecule has 19 heavy (non-hydrogen) atoms. The lowest BCUT2D eigenvalue weighted by molar-refractivity contribution is 0.0696. The quantitative estimate of drug-likeness (QED) is 0.909. The second-order valence-corrected chi connectivity index (χ2v) is 5.46.